The molecule has 0 bridgehead atoms. The SMILES string of the molecule is O=C(c1ccccc1)N1CCN(Cc2nc(-c3cccc(F)c3)c(-c3ccco3)o2)CC1. The first-order chi connectivity index (χ1) is 15.7. The number of hydrogen-bond acceptors (Lipinski definition) is 5. The summed E-state index contributed by atoms with van der Waals surface area (Å²) in [6, 6.07) is 19.2. The number of amides is 1. The maximum atomic E-state index is 13.8. The largest absolute Gasteiger partial charge is 0.461 e. The number of hydrogen-bond donors (Lipinski definition) is 0. The van der Waals surface area contributed by atoms with Gasteiger partial charge in [0.15, 0.2) is 11.5 Å². The summed E-state index contributed by atoms with van der Waals surface area (Å²) in [5, 5.41) is 0. The van der Waals surface area contributed by atoms with Crippen LogP contribution < -0.4 is 0 Å². The van der Waals surface area contributed by atoms with E-state index in [4.69, 9.17) is 8.83 Å². The molecule has 0 aliphatic carbocycles. The Morgan fingerprint density at radius 2 is 1.78 bits per heavy atom. The standard InChI is InChI=1S/C25H22FN3O3/c26-20-9-4-8-19(16-20)23-24(21-10-5-15-31-21)32-22(27-23)17-28-11-13-29(14-12-28)25(30)18-6-2-1-3-7-18/h1-10,15-16H,11-14,17H2. The minimum Gasteiger partial charge on any atom is -0.461 e. The summed E-state index contributed by atoms with van der Waals surface area (Å²) < 4.78 is 25.4. The Bertz CT molecular complexity index is 1200. The van der Waals surface area contributed by atoms with E-state index in [0.29, 0.717) is 67.0 Å². The second kappa shape index (κ2) is 8.80. The number of oxazole rings is 1. The summed E-state index contributed by atoms with van der Waals surface area (Å²) in [5.74, 6) is 1.26. The molecule has 0 atom stereocenters. The Balaban J connectivity index is 1.31. The van der Waals surface area contributed by atoms with Gasteiger partial charge in [-0.3, -0.25) is 9.69 Å². The molecule has 2 aromatic heterocycles. The number of aromatic nitrogens is 1. The Morgan fingerprint density at radius 1 is 0.969 bits per heavy atom. The first-order valence-corrected chi connectivity index (χ1v) is 10.5. The lowest BCUT2D eigenvalue weighted by atomic mass is 10.1. The summed E-state index contributed by atoms with van der Waals surface area (Å²) in [6.45, 7) is 3.20. The average Bonchev–Trinajstić information content (AvgIpc) is 3.50. The highest BCUT2D eigenvalue weighted by molar-refractivity contribution is 5.94. The molecule has 4 aromatic rings. The highest BCUT2D eigenvalue weighted by Crippen LogP contribution is 2.33. The molecule has 1 aliphatic heterocycles. The van der Waals surface area contributed by atoms with Crippen molar-refractivity contribution in [3.8, 4) is 22.8 Å². The van der Waals surface area contributed by atoms with Gasteiger partial charge in [-0.2, -0.15) is 0 Å². The molecule has 3 heterocycles. The highest BCUT2D eigenvalue weighted by Gasteiger charge is 2.25. The normalized spacial score (nSPS) is 14.6. The van der Waals surface area contributed by atoms with Gasteiger partial charge in [-0.05, 0) is 36.4 Å². The van der Waals surface area contributed by atoms with Crippen molar-refractivity contribution in [2.75, 3.05) is 26.2 Å². The van der Waals surface area contributed by atoms with Crippen LogP contribution in [-0.2, 0) is 6.54 Å². The van der Waals surface area contributed by atoms with Gasteiger partial charge < -0.3 is 13.7 Å². The number of piperazine rings is 1. The van der Waals surface area contributed by atoms with Gasteiger partial charge >= 0.3 is 0 Å². The van der Waals surface area contributed by atoms with Crippen LogP contribution in [0.4, 0.5) is 4.39 Å². The van der Waals surface area contributed by atoms with Crippen molar-refractivity contribution in [2.45, 2.75) is 6.54 Å². The zero-order chi connectivity index (χ0) is 21.9. The number of furan rings is 1. The predicted octanol–water partition coefficient (Wildman–Crippen LogP) is 4.70. The van der Waals surface area contributed by atoms with Gasteiger partial charge in [-0.1, -0.05) is 30.3 Å². The summed E-state index contributed by atoms with van der Waals surface area (Å²) in [4.78, 5) is 21.4. The van der Waals surface area contributed by atoms with Crippen molar-refractivity contribution >= 4 is 5.91 Å². The van der Waals surface area contributed by atoms with Crippen LogP contribution in [0.1, 0.15) is 16.2 Å². The third kappa shape index (κ3) is 4.20. The number of carbonyl (C=O) groups excluding carboxylic acids is 1. The number of carbonyl (C=O) groups is 1. The Hall–Kier alpha value is -3.71. The van der Waals surface area contributed by atoms with Gasteiger partial charge in [0.2, 0.25) is 5.89 Å². The second-order valence-electron chi connectivity index (χ2n) is 7.71. The van der Waals surface area contributed by atoms with Crippen molar-refractivity contribution in [3.05, 3.63) is 90.3 Å². The van der Waals surface area contributed by atoms with Crippen LogP contribution in [0.5, 0.6) is 0 Å². The molecule has 0 spiro atoms. The molecular formula is C25H22FN3O3. The zero-order valence-corrected chi connectivity index (χ0v) is 17.4. The third-order valence-corrected chi connectivity index (χ3v) is 5.55. The maximum Gasteiger partial charge on any atom is 0.253 e. The minimum atomic E-state index is -0.336. The fourth-order valence-corrected chi connectivity index (χ4v) is 3.90. The molecule has 5 rings (SSSR count). The minimum absolute atomic E-state index is 0.0508. The van der Waals surface area contributed by atoms with Crippen LogP contribution in [0.3, 0.4) is 0 Å². The van der Waals surface area contributed by atoms with Crippen LogP contribution in [0.25, 0.3) is 22.8 Å². The lowest BCUT2D eigenvalue weighted by molar-refractivity contribution is 0.0618. The van der Waals surface area contributed by atoms with Crippen LogP contribution in [0.15, 0.2) is 81.8 Å². The van der Waals surface area contributed by atoms with Crippen molar-refractivity contribution < 1.29 is 18.0 Å². The van der Waals surface area contributed by atoms with Gasteiger partial charge in [0, 0.05) is 37.3 Å². The smallest absolute Gasteiger partial charge is 0.253 e. The molecule has 0 unspecified atom stereocenters. The van der Waals surface area contributed by atoms with E-state index in [2.05, 4.69) is 9.88 Å². The van der Waals surface area contributed by atoms with Crippen LogP contribution in [0, 0.1) is 5.82 Å². The molecule has 1 fully saturated rings. The van der Waals surface area contributed by atoms with Gasteiger partial charge in [0.1, 0.15) is 11.5 Å². The van der Waals surface area contributed by atoms with Gasteiger partial charge in [0.25, 0.3) is 5.91 Å². The van der Waals surface area contributed by atoms with Gasteiger partial charge in [0.05, 0.1) is 12.8 Å². The summed E-state index contributed by atoms with van der Waals surface area (Å²) in [6.07, 6.45) is 1.57. The van der Waals surface area contributed by atoms with Crippen molar-refractivity contribution in [2.24, 2.45) is 0 Å². The summed E-state index contributed by atoms with van der Waals surface area (Å²) >= 11 is 0. The number of benzene rings is 2. The van der Waals surface area contributed by atoms with E-state index in [9.17, 15) is 9.18 Å². The van der Waals surface area contributed by atoms with E-state index in [0.717, 1.165) is 0 Å². The van der Waals surface area contributed by atoms with E-state index < -0.39 is 0 Å². The first-order valence-electron chi connectivity index (χ1n) is 10.5. The van der Waals surface area contributed by atoms with Crippen molar-refractivity contribution in [3.63, 3.8) is 0 Å². The molecule has 1 saturated heterocycles. The molecule has 0 saturated carbocycles. The number of nitrogens with zero attached hydrogens (tertiary/aromatic N) is 3. The highest BCUT2D eigenvalue weighted by atomic mass is 19.1. The van der Waals surface area contributed by atoms with Crippen molar-refractivity contribution in [1.29, 1.82) is 0 Å². The molecule has 32 heavy (non-hydrogen) atoms. The molecule has 7 heteroatoms. The molecule has 6 nitrogen and oxygen atoms in total. The maximum absolute atomic E-state index is 13.8. The van der Waals surface area contributed by atoms with E-state index in [1.54, 1.807) is 30.5 Å². The van der Waals surface area contributed by atoms with E-state index >= 15 is 0 Å². The zero-order valence-electron chi connectivity index (χ0n) is 17.4. The number of rotatable bonds is 5. The Morgan fingerprint density at radius 3 is 2.50 bits per heavy atom. The summed E-state index contributed by atoms with van der Waals surface area (Å²) in [5.41, 5.74) is 1.88. The Labute approximate surface area is 184 Å². The number of halogens is 1. The Kier molecular flexibility index (Phi) is 5.56. The molecule has 0 radical (unpaired) electrons. The average molecular weight is 431 g/mol. The van der Waals surface area contributed by atoms with Crippen LogP contribution >= 0.6 is 0 Å². The quantitative estimate of drug-likeness (QED) is 0.458. The fourth-order valence-electron chi connectivity index (χ4n) is 3.90. The lowest BCUT2D eigenvalue weighted by Gasteiger charge is -2.34. The first kappa shape index (κ1) is 20.2. The summed E-state index contributed by atoms with van der Waals surface area (Å²) in [7, 11) is 0. The van der Waals surface area contributed by atoms with E-state index in [1.165, 1.54) is 12.1 Å². The molecule has 1 aliphatic rings. The van der Waals surface area contributed by atoms with Crippen molar-refractivity contribution in [1.82, 2.24) is 14.8 Å². The molecule has 1 amide bonds. The fraction of sp³-hybridized carbons (Fsp3) is 0.200. The van der Waals surface area contributed by atoms with Gasteiger partial charge in [-0.25, -0.2) is 9.37 Å². The second-order valence-corrected chi connectivity index (χ2v) is 7.71. The van der Waals surface area contributed by atoms with Crippen LogP contribution in [-0.4, -0.2) is 46.9 Å². The molecular weight excluding hydrogens is 409 g/mol. The molecule has 162 valence electrons. The predicted molar refractivity (Wildman–Crippen MR) is 117 cm³/mol. The van der Waals surface area contributed by atoms with Gasteiger partial charge in [-0.15, -0.1) is 0 Å². The van der Waals surface area contributed by atoms with E-state index in [1.807, 2.05) is 35.2 Å². The third-order valence-electron chi connectivity index (χ3n) is 5.55. The molecule has 0 N–H and O–H groups in total. The molecule has 2 aromatic carbocycles. The van der Waals surface area contributed by atoms with Crippen LogP contribution in [0.2, 0.25) is 0 Å². The topological polar surface area (TPSA) is 62.7 Å². The lowest BCUT2D eigenvalue weighted by Crippen LogP contribution is -2.48. The monoisotopic (exact) mass is 431 g/mol. The van der Waals surface area contributed by atoms with E-state index in [-0.39, 0.29) is 11.7 Å².